The van der Waals surface area contributed by atoms with E-state index in [1.807, 2.05) is 26.0 Å². The summed E-state index contributed by atoms with van der Waals surface area (Å²) >= 11 is 0. The summed E-state index contributed by atoms with van der Waals surface area (Å²) in [6, 6.07) is 5.39. The van der Waals surface area contributed by atoms with Crippen LogP contribution in [0.3, 0.4) is 0 Å². The minimum atomic E-state index is -0.0131. The van der Waals surface area contributed by atoms with Crippen LogP contribution < -0.4 is 5.32 Å². The van der Waals surface area contributed by atoms with E-state index in [1.165, 1.54) is 6.92 Å². The van der Waals surface area contributed by atoms with E-state index in [4.69, 9.17) is 0 Å². The Morgan fingerprint density at radius 1 is 1.31 bits per heavy atom. The highest BCUT2D eigenvalue weighted by molar-refractivity contribution is 5.98. The second-order valence-electron chi connectivity index (χ2n) is 3.88. The smallest absolute Gasteiger partial charge is 0.224 e. The molecule has 3 heteroatoms. The van der Waals surface area contributed by atoms with E-state index in [0.29, 0.717) is 17.7 Å². The van der Waals surface area contributed by atoms with E-state index in [0.717, 1.165) is 12.0 Å². The third kappa shape index (κ3) is 3.19. The number of carbonyl (C=O) groups excluding carboxylic acids is 2. The number of carbonyl (C=O) groups is 2. The molecule has 1 N–H and O–H groups in total. The summed E-state index contributed by atoms with van der Waals surface area (Å²) in [5, 5.41) is 2.77. The Kier molecular flexibility index (Phi) is 4.23. The summed E-state index contributed by atoms with van der Waals surface area (Å²) in [7, 11) is 0. The molecule has 0 bridgehead atoms. The quantitative estimate of drug-likeness (QED) is 0.791. The van der Waals surface area contributed by atoms with Gasteiger partial charge in [0, 0.05) is 17.7 Å². The fourth-order valence-corrected chi connectivity index (χ4v) is 1.53. The molecule has 1 rings (SSSR count). The predicted molar refractivity (Wildman–Crippen MR) is 64.7 cm³/mol. The van der Waals surface area contributed by atoms with Crippen LogP contribution in [0, 0.1) is 6.92 Å². The number of benzene rings is 1. The Hall–Kier alpha value is -1.64. The van der Waals surface area contributed by atoms with Crippen LogP contribution in [0.2, 0.25) is 0 Å². The van der Waals surface area contributed by atoms with Crippen LogP contribution in [0.1, 0.15) is 42.6 Å². The molecular formula is C13H17NO2. The van der Waals surface area contributed by atoms with Gasteiger partial charge in [-0.25, -0.2) is 0 Å². The standard InChI is InChI=1S/C13H17NO2/c1-4-5-13(16)14-11-7-6-9(2)12(8-11)10(3)15/h6-8H,4-5H2,1-3H3,(H,14,16). The molecule has 1 aromatic carbocycles. The highest BCUT2D eigenvalue weighted by Gasteiger charge is 2.06. The topological polar surface area (TPSA) is 46.2 Å². The largest absolute Gasteiger partial charge is 0.326 e. The van der Waals surface area contributed by atoms with Crippen molar-refractivity contribution in [3.05, 3.63) is 29.3 Å². The van der Waals surface area contributed by atoms with Crippen LogP contribution in [0.25, 0.3) is 0 Å². The van der Waals surface area contributed by atoms with Gasteiger partial charge in [-0.15, -0.1) is 0 Å². The van der Waals surface area contributed by atoms with Crippen LogP contribution >= 0.6 is 0 Å². The zero-order valence-electron chi connectivity index (χ0n) is 9.96. The van der Waals surface area contributed by atoms with Crippen molar-refractivity contribution in [2.75, 3.05) is 5.32 Å². The molecule has 0 saturated heterocycles. The molecule has 0 atom stereocenters. The third-order valence-corrected chi connectivity index (χ3v) is 2.38. The van der Waals surface area contributed by atoms with Crippen molar-refractivity contribution in [3.8, 4) is 0 Å². The number of hydrogen-bond donors (Lipinski definition) is 1. The number of anilines is 1. The Labute approximate surface area is 95.9 Å². The molecule has 0 spiro atoms. The second kappa shape index (κ2) is 5.45. The maximum Gasteiger partial charge on any atom is 0.224 e. The number of Topliss-reactive ketones (excluding diaryl/α,β-unsaturated/α-hetero) is 1. The maximum absolute atomic E-state index is 11.4. The molecule has 0 aliphatic carbocycles. The lowest BCUT2D eigenvalue weighted by Gasteiger charge is -2.07. The van der Waals surface area contributed by atoms with E-state index in [2.05, 4.69) is 5.32 Å². The van der Waals surface area contributed by atoms with Crippen molar-refractivity contribution in [3.63, 3.8) is 0 Å². The highest BCUT2D eigenvalue weighted by Crippen LogP contribution is 2.16. The van der Waals surface area contributed by atoms with Gasteiger partial charge < -0.3 is 5.32 Å². The van der Waals surface area contributed by atoms with E-state index in [1.54, 1.807) is 6.07 Å². The van der Waals surface area contributed by atoms with Crippen molar-refractivity contribution < 1.29 is 9.59 Å². The van der Waals surface area contributed by atoms with Crippen LogP contribution in [0.5, 0.6) is 0 Å². The van der Waals surface area contributed by atoms with E-state index >= 15 is 0 Å². The van der Waals surface area contributed by atoms with Gasteiger partial charge in [0.25, 0.3) is 0 Å². The molecule has 0 heterocycles. The Morgan fingerprint density at radius 3 is 2.56 bits per heavy atom. The first-order valence-corrected chi connectivity index (χ1v) is 5.46. The van der Waals surface area contributed by atoms with Crippen molar-refractivity contribution in [2.24, 2.45) is 0 Å². The molecule has 0 saturated carbocycles. The normalized spacial score (nSPS) is 9.94. The lowest BCUT2D eigenvalue weighted by molar-refractivity contribution is -0.116. The van der Waals surface area contributed by atoms with E-state index < -0.39 is 0 Å². The van der Waals surface area contributed by atoms with Gasteiger partial charge in [0.05, 0.1) is 0 Å². The first-order chi connectivity index (χ1) is 7.54. The fourth-order valence-electron chi connectivity index (χ4n) is 1.53. The minimum absolute atomic E-state index is 0.0131. The number of rotatable bonds is 4. The average Bonchev–Trinajstić information content (AvgIpc) is 2.21. The van der Waals surface area contributed by atoms with Crippen molar-refractivity contribution in [1.82, 2.24) is 0 Å². The second-order valence-corrected chi connectivity index (χ2v) is 3.88. The summed E-state index contributed by atoms with van der Waals surface area (Å²) in [4.78, 5) is 22.7. The number of amides is 1. The molecule has 0 fully saturated rings. The predicted octanol–water partition coefficient (Wildman–Crippen LogP) is 2.94. The van der Waals surface area contributed by atoms with Crippen molar-refractivity contribution >= 4 is 17.4 Å². The van der Waals surface area contributed by atoms with Gasteiger partial charge in [0.15, 0.2) is 5.78 Å². The molecule has 1 aromatic rings. The summed E-state index contributed by atoms with van der Waals surface area (Å²) in [5.74, 6) is 0.00458. The van der Waals surface area contributed by atoms with Crippen LogP contribution in [0.4, 0.5) is 5.69 Å². The van der Waals surface area contributed by atoms with Gasteiger partial charge >= 0.3 is 0 Å². The lowest BCUT2D eigenvalue weighted by atomic mass is 10.0. The zero-order chi connectivity index (χ0) is 12.1. The molecule has 0 aliphatic heterocycles. The van der Waals surface area contributed by atoms with Gasteiger partial charge in [-0.2, -0.15) is 0 Å². The number of hydrogen-bond acceptors (Lipinski definition) is 2. The van der Waals surface area contributed by atoms with Gasteiger partial charge in [0.1, 0.15) is 0 Å². The number of ketones is 1. The molecule has 86 valence electrons. The summed E-state index contributed by atoms with van der Waals surface area (Å²) in [5.41, 5.74) is 2.28. The maximum atomic E-state index is 11.4. The molecule has 0 aromatic heterocycles. The molecule has 16 heavy (non-hydrogen) atoms. The van der Waals surface area contributed by atoms with Crippen LogP contribution in [-0.4, -0.2) is 11.7 Å². The van der Waals surface area contributed by atoms with Gasteiger partial charge in [-0.05, 0) is 38.0 Å². The molecule has 0 aliphatic rings. The Balaban J connectivity index is 2.87. The van der Waals surface area contributed by atoms with E-state index in [-0.39, 0.29) is 11.7 Å². The molecule has 0 radical (unpaired) electrons. The summed E-state index contributed by atoms with van der Waals surface area (Å²) in [6.45, 7) is 5.37. The minimum Gasteiger partial charge on any atom is -0.326 e. The number of aryl methyl sites for hydroxylation is 1. The summed E-state index contributed by atoms with van der Waals surface area (Å²) in [6.07, 6.45) is 1.32. The third-order valence-electron chi connectivity index (χ3n) is 2.38. The summed E-state index contributed by atoms with van der Waals surface area (Å²) < 4.78 is 0. The zero-order valence-corrected chi connectivity index (χ0v) is 9.96. The molecule has 0 unspecified atom stereocenters. The average molecular weight is 219 g/mol. The van der Waals surface area contributed by atoms with Gasteiger partial charge in [-0.1, -0.05) is 13.0 Å². The van der Waals surface area contributed by atoms with Crippen LogP contribution in [-0.2, 0) is 4.79 Å². The molecule has 3 nitrogen and oxygen atoms in total. The Morgan fingerprint density at radius 2 is 2.00 bits per heavy atom. The van der Waals surface area contributed by atoms with Crippen LogP contribution in [0.15, 0.2) is 18.2 Å². The van der Waals surface area contributed by atoms with Gasteiger partial charge in [-0.3, -0.25) is 9.59 Å². The van der Waals surface area contributed by atoms with Crippen molar-refractivity contribution in [1.29, 1.82) is 0 Å². The fraction of sp³-hybridized carbons (Fsp3) is 0.385. The SMILES string of the molecule is CCCC(=O)Nc1ccc(C)c(C(C)=O)c1. The number of nitrogens with one attached hydrogen (secondary N) is 1. The highest BCUT2D eigenvalue weighted by atomic mass is 16.1. The monoisotopic (exact) mass is 219 g/mol. The first kappa shape index (κ1) is 12.4. The van der Waals surface area contributed by atoms with Crippen molar-refractivity contribution in [2.45, 2.75) is 33.6 Å². The Bertz CT molecular complexity index is 410. The van der Waals surface area contributed by atoms with Gasteiger partial charge in [0.2, 0.25) is 5.91 Å². The molecule has 1 amide bonds. The first-order valence-electron chi connectivity index (χ1n) is 5.46. The molecular weight excluding hydrogens is 202 g/mol. The lowest BCUT2D eigenvalue weighted by Crippen LogP contribution is -2.11. The van der Waals surface area contributed by atoms with E-state index in [9.17, 15) is 9.59 Å².